The lowest BCUT2D eigenvalue weighted by atomic mass is 9.88. The van der Waals surface area contributed by atoms with Crippen LogP contribution in [-0.2, 0) is 5.60 Å². The average Bonchev–Trinajstić information content (AvgIpc) is 2.67. The zero-order valence-electron chi connectivity index (χ0n) is 15.7. The normalized spacial score (nSPS) is 22.2. The molecule has 2 nitrogen and oxygen atoms in total. The number of nitrogens with zero attached hydrogens (tertiary/aromatic N) is 1. The molecule has 0 aliphatic heterocycles. The van der Waals surface area contributed by atoms with Gasteiger partial charge in [-0.25, -0.2) is 0 Å². The van der Waals surface area contributed by atoms with Crippen molar-refractivity contribution in [3.8, 4) is 11.8 Å². The standard InChI is InChI=1S/C23H33NO/c1-23(25,20-12-5-2-6-13-20)18-11-19-24(21-14-7-3-8-15-21)22-16-9-4-10-17-22/h2,5-6,12-13,21-22,25H,3-4,7-10,14-17,19H2,1H3. The Kier molecular flexibility index (Phi) is 6.57. The van der Waals surface area contributed by atoms with Gasteiger partial charge in [-0.1, -0.05) is 80.7 Å². The summed E-state index contributed by atoms with van der Waals surface area (Å²) in [6.07, 6.45) is 13.5. The van der Waals surface area contributed by atoms with Crippen LogP contribution in [0, 0.1) is 11.8 Å². The summed E-state index contributed by atoms with van der Waals surface area (Å²) >= 11 is 0. The maximum Gasteiger partial charge on any atom is 0.148 e. The Morgan fingerprint density at radius 1 is 0.920 bits per heavy atom. The SMILES string of the molecule is CC(O)(C#CCN(C1CCCCC1)C1CCCCC1)c1ccccc1. The van der Waals surface area contributed by atoms with E-state index in [0.29, 0.717) is 12.1 Å². The van der Waals surface area contributed by atoms with Crippen molar-refractivity contribution < 1.29 is 5.11 Å². The van der Waals surface area contributed by atoms with Gasteiger partial charge in [0.25, 0.3) is 0 Å². The van der Waals surface area contributed by atoms with Crippen molar-refractivity contribution in [1.82, 2.24) is 4.90 Å². The Labute approximate surface area is 153 Å². The molecule has 0 amide bonds. The van der Waals surface area contributed by atoms with Crippen LogP contribution in [-0.4, -0.2) is 28.6 Å². The van der Waals surface area contributed by atoms with Gasteiger partial charge in [-0.3, -0.25) is 4.90 Å². The van der Waals surface area contributed by atoms with Crippen LogP contribution >= 0.6 is 0 Å². The van der Waals surface area contributed by atoms with Crippen molar-refractivity contribution in [2.24, 2.45) is 0 Å². The molecule has 2 fully saturated rings. The molecule has 1 aromatic carbocycles. The van der Waals surface area contributed by atoms with Crippen molar-refractivity contribution >= 4 is 0 Å². The molecule has 1 aromatic rings. The lowest BCUT2D eigenvalue weighted by Gasteiger charge is -2.40. The molecule has 25 heavy (non-hydrogen) atoms. The minimum absolute atomic E-state index is 0.702. The second-order valence-electron chi connectivity index (χ2n) is 8.00. The molecule has 0 saturated heterocycles. The Morgan fingerprint density at radius 3 is 1.96 bits per heavy atom. The monoisotopic (exact) mass is 339 g/mol. The van der Waals surface area contributed by atoms with E-state index in [1.165, 1.54) is 64.2 Å². The predicted octanol–water partition coefficient (Wildman–Crippen LogP) is 4.86. The van der Waals surface area contributed by atoms with E-state index >= 15 is 0 Å². The molecule has 136 valence electrons. The van der Waals surface area contributed by atoms with Crippen molar-refractivity contribution in [1.29, 1.82) is 0 Å². The summed E-state index contributed by atoms with van der Waals surface area (Å²) in [5, 5.41) is 10.7. The fraction of sp³-hybridized carbons (Fsp3) is 0.652. The Balaban J connectivity index is 1.69. The van der Waals surface area contributed by atoms with Gasteiger partial charge in [0.1, 0.15) is 5.60 Å². The van der Waals surface area contributed by atoms with Crippen LogP contribution < -0.4 is 0 Å². The van der Waals surface area contributed by atoms with Crippen LogP contribution in [0.1, 0.15) is 76.7 Å². The minimum atomic E-state index is -1.06. The first-order valence-electron chi connectivity index (χ1n) is 10.2. The first-order chi connectivity index (χ1) is 12.2. The molecule has 1 N–H and O–H groups in total. The van der Waals surface area contributed by atoms with Crippen LogP contribution in [0.15, 0.2) is 30.3 Å². The average molecular weight is 340 g/mol. The van der Waals surface area contributed by atoms with Crippen LogP contribution in [0.25, 0.3) is 0 Å². The predicted molar refractivity (Wildman–Crippen MR) is 104 cm³/mol. The van der Waals surface area contributed by atoms with E-state index in [1.807, 2.05) is 30.3 Å². The summed E-state index contributed by atoms with van der Waals surface area (Å²) in [6.45, 7) is 2.61. The third kappa shape index (κ3) is 5.09. The third-order valence-electron chi connectivity index (χ3n) is 6.02. The molecule has 2 aliphatic rings. The molecule has 0 heterocycles. The third-order valence-corrected chi connectivity index (χ3v) is 6.02. The van der Waals surface area contributed by atoms with Crippen molar-refractivity contribution in [2.45, 2.75) is 88.8 Å². The summed E-state index contributed by atoms with van der Waals surface area (Å²) in [5.74, 6) is 6.49. The van der Waals surface area contributed by atoms with Gasteiger partial charge in [0.05, 0.1) is 6.54 Å². The van der Waals surface area contributed by atoms with Crippen LogP contribution in [0.4, 0.5) is 0 Å². The van der Waals surface area contributed by atoms with Crippen molar-refractivity contribution in [3.63, 3.8) is 0 Å². The zero-order chi connectivity index (χ0) is 17.5. The molecule has 1 unspecified atom stereocenters. The van der Waals surface area contributed by atoms with Gasteiger partial charge in [0.15, 0.2) is 0 Å². The van der Waals surface area contributed by atoms with Gasteiger partial charge >= 0.3 is 0 Å². The van der Waals surface area contributed by atoms with E-state index in [0.717, 1.165) is 12.1 Å². The second-order valence-corrected chi connectivity index (χ2v) is 8.00. The van der Waals surface area contributed by atoms with Gasteiger partial charge in [-0.05, 0) is 38.2 Å². The molecule has 2 heteroatoms. The summed E-state index contributed by atoms with van der Waals surface area (Å²) in [4.78, 5) is 2.69. The molecule has 0 spiro atoms. The molecule has 2 aliphatic carbocycles. The van der Waals surface area contributed by atoms with Crippen molar-refractivity contribution in [3.05, 3.63) is 35.9 Å². The Bertz CT molecular complexity index is 553. The molecule has 0 bridgehead atoms. The molecular formula is C23H33NO. The lowest BCUT2D eigenvalue weighted by molar-refractivity contribution is 0.0950. The molecule has 2 saturated carbocycles. The van der Waals surface area contributed by atoms with E-state index in [4.69, 9.17) is 0 Å². The smallest absolute Gasteiger partial charge is 0.148 e. The summed E-state index contributed by atoms with van der Waals surface area (Å²) in [7, 11) is 0. The minimum Gasteiger partial charge on any atom is -0.374 e. The quantitative estimate of drug-likeness (QED) is 0.792. The first kappa shape index (κ1) is 18.5. The molecule has 0 radical (unpaired) electrons. The van der Waals surface area contributed by atoms with E-state index in [1.54, 1.807) is 6.92 Å². The van der Waals surface area contributed by atoms with Crippen molar-refractivity contribution in [2.75, 3.05) is 6.54 Å². The fourth-order valence-electron chi connectivity index (χ4n) is 4.52. The summed E-state index contributed by atoms with van der Waals surface area (Å²) < 4.78 is 0. The number of aliphatic hydroxyl groups is 1. The largest absolute Gasteiger partial charge is 0.374 e. The van der Waals surface area contributed by atoms with Crippen LogP contribution in [0.5, 0.6) is 0 Å². The van der Waals surface area contributed by atoms with Gasteiger partial charge in [0, 0.05) is 12.1 Å². The number of benzene rings is 1. The van der Waals surface area contributed by atoms with E-state index in [2.05, 4.69) is 16.7 Å². The Morgan fingerprint density at radius 2 is 1.44 bits per heavy atom. The number of hydrogen-bond donors (Lipinski definition) is 1. The highest BCUT2D eigenvalue weighted by atomic mass is 16.3. The maximum atomic E-state index is 10.7. The highest BCUT2D eigenvalue weighted by molar-refractivity contribution is 5.30. The van der Waals surface area contributed by atoms with E-state index in [-0.39, 0.29) is 0 Å². The molecule has 1 atom stereocenters. The fourth-order valence-corrected chi connectivity index (χ4v) is 4.52. The first-order valence-corrected chi connectivity index (χ1v) is 10.2. The summed E-state index contributed by atoms with van der Waals surface area (Å²) in [5.41, 5.74) is -0.184. The molecule has 0 aromatic heterocycles. The Hall–Kier alpha value is -1.30. The van der Waals surface area contributed by atoms with Gasteiger partial charge in [-0.2, -0.15) is 0 Å². The van der Waals surface area contributed by atoms with Gasteiger partial charge in [0.2, 0.25) is 0 Å². The molecular weight excluding hydrogens is 306 g/mol. The number of hydrogen-bond acceptors (Lipinski definition) is 2. The summed E-state index contributed by atoms with van der Waals surface area (Å²) in [6, 6.07) is 11.2. The van der Waals surface area contributed by atoms with E-state index < -0.39 is 5.60 Å². The topological polar surface area (TPSA) is 23.5 Å². The second kappa shape index (κ2) is 8.88. The highest BCUT2D eigenvalue weighted by Crippen LogP contribution is 2.30. The van der Waals surface area contributed by atoms with Gasteiger partial charge < -0.3 is 5.11 Å². The van der Waals surface area contributed by atoms with Crippen LogP contribution in [0.3, 0.4) is 0 Å². The molecule has 3 rings (SSSR count). The highest BCUT2D eigenvalue weighted by Gasteiger charge is 2.28. The van der Waals surface area contributed by atoms with Crippen LogP contribution in [0.2, 0.25) is 0 Å². The van der Waals surface area contributed by atoms with E-state index in [9.17, 15) is 5.11 Å². The maximum absolute atomic E-state index is 10.7. The zero-order valence-corrected chi connectivity index (χ0v) is 15.7. The lowest BCUT2D eigenvalue weighted by Crippen LogP contribution is -2.45. The van der Waals surface area contributed by atoms with Gasteiger partial charge in [-0.15, -0.1) is 0 Å². The number of rotatable bonds is 4.